The molecule has 2 aromatic rings. The molecular formula is C19H20FNO5S. The molecule has 2 aromatic carbocycles. The third-order valence-electron chi connectivity index (χ3n) is 3.79. The van der Waals surface area contributed by atoms with Crippen LogP contribution >= 0.6 is 0 Å². The van der Waals surface area contributed by atoms with E-state index in [1.165, 1.54) is 37.4 Å². The Bertz CT molecular complexity index is 925. The van der Waals surface area contributed by atoms with Gasteiger partial charge in [0.2, 0.25) is 0 Å². The third-order valence-corrected chi connectivity index (χ3v) is 4.65. The number of carbonyl (C=O) groups is 2. The summed E-state index contributed by atoms with van der Waals surface area (Å²) in [5.74, 6) is -1.63. The minimum Gasteiger partial charge on any atom is -0.469 e. The van der Waals surface area contributed by atoms with Crippen molar-refractivity contribution < 1.29 is 27.1 Å². The van der Waals surface area contributed by atoms with Gasteiger partial charge in [-0.15, -0.1) is 0 Å². The fraction of sp³-hybridized carbons (Fsp3) is 0.263. The molecule has 27 heavy (non-hydrogen) atoms. The van der Waals surface area contributed by atoms with Crippen LogP contribution in [0.1, 0.15) is 33.9 Å². The van der Waals surface area contributed by atoms with Crippen molar-refractivity contribution in [2.75, 3.05) is 13.4 Å². The van der Waals surface area contributed by atoms with Crippen LogP contribution in [0.5, 0.6) is 0 Å². The summed E-state index contributed by atoms with van der Waals surface area (Å²) in [4.78, 5) is 24.3. The lowest BCUT2D eigenvalue weighted by atomic mass is 10.0. The summed E-state index contributed by atoms with van der Waals surface area (Å²) in [6, 6.07) is 10.9. The molecule has 2 rings (SSSR count). The number of rotatable bonds is 7. The Morgan fingerprint density at radius 2 is 1.81 bits per heavy atom. The van der Waals surface area contributed by atoms with Crippen LogP contribution < -0.4 is 5.32 Å². The maximum Gasteiger partial charge on any atom is 0.307 e. The highest BCUT2D eigenvalue weighted by Gasteiger charge is 2.20. The minimum atomic E-state index is -3.24. The van der Waals surface area contributed by atoms with E-state index in [1.54, 1.807) is 18.2 Å². The van der Waals surface area contributed by atoms with E-state index in [-0.39, 0.29) is 17.7 Å². The molecule has 8 heteroatoms. The lowest BCUT2D eigenvalue weighted by Crippen LogP contribution is -2.30. The summed E-state index contributed by atoms with van der Waals surface area (Å²) in [6.07, 6.45) is 0.984. The predicted molar refractivity (Wildman–Crippen MR) is 98.2 cm³/mol. The zero-order valence-electron chi connectivity index (χ0n) is 14.9. The molecule has 0 saturated heterocycles. The summed E-state index contributed by atoms with van der Waals surface area (Å²) in [5.41, 5.74) is 1.28. The molecule has 0 heterocycles. The molecule has 0 aliphatic rings. The largest absolute Gasteiger partial charge is 0.469 e. The van der Waals surface area contributed by atoms with Gasteiger partial charge >= 0.3 is 5.97 Å². The first-order valence-corrected chi connectivity index (χ1v) is 10.1. The summed E-state index contributed by atoms with van der Waals surface area (Å²) < 4.78 is 40.7. The van der Waals surface area contributed by atoms with E-state index in [9.17, 15) is 22.4 Å². The van der Waals surface area contributed by atoms with Crippen molar-refractivity contribution >= 4 is 21.7 Å². The van der Waals surface area contributed by atoms with Crippen molar-refractivity contribution in [3.8, 4) is 0 Å². The van der Waals surface area contributed by atoms with E-state index in [1.807, 2.05) is 0 Å². The van der Waals surface area contributed by atoms with E-state index in [4.69, 9.17) is 0 Å². The lowest BCUT2D eigenvalue weighted by Gasteiger charge is -2.18. The molecule has 0 saturated carbocycles. The zero-order valence-corrected chi connectivity index (χ0v) is 15.8. The van der Waals surface area contributed by atoms with Crippen LogP contribution in [0.2, 0.25) is 0 Å². The quantitative estimate of drug-likeness (QED) is 0.730. The smallest absolute Gasteiger partial charge is 0.307 e. The van der Waals surface area contributed by atoms with Gasteiger partial charge in [0.1, 0.15) is 5.82 Å². The van der Waals surface area contributed by atoms with Gasteiger partial charge in [-0.2, -0.15) is 0 Å². The van der Waals surface area contributed by atoms with E-state index >= 15 is 0 Å². The average molecular weight is 393 g/mol. The molecule has 1 N–H and O–H groups in total. The zero-order chi connectivity index (χ0) is 20.0. The van der Waals surface area contributed by atoms with Crippen molar-refractivity contribution in [3.05, 3.63) is 71.0 Å². The van der Waals surface area contributed by atoms with E-state index in [0.717, 1.165) is 6.26 Å². The highest BCUT2D eigenvalue weighted by atomic mass is 32.2. The predicted octanol–water partition coefficient (Wildman–Crippen LogP) is 2.40. The van der Waals surface area contributed by atoms with Crippen LogP contribution in [-0.4, -0.2) is 33.7 Å². The average Bonchev–Trinajstić information content (AvgIpc) is 2.60. The van der Waals surface area contributed by atoms with E-state index in [2.05, 4.69) is 10.1 Å². The fourth-order valence-electron chi connectivity index (χ4n) is 2.54. The van der Waals surface area contributed by atoms with Gasteiger partial charge in [-0.05, 0) is 35.4 Å². The summed E-state index contributed by atoms with van der Waals surface area (Å²) in [6.45, 7) is 0. The number of halogens is 1. The molecule has 0 spiro atoms. The maximum atomic E-state index is 13.2. The molecule has 6 nitrogen and oxygen atoms in total. The van der Waals surface area contributed by atoms with E-state index in [0.29, 0.717) is 11.1 Å². The molecule has 0 bridgehead atoms. The summed E-state index contributed by atoms with van der Waals surface area (Å²) >= 11 is 0. The highest BCUT2D eigenvalue weighted by molar-refractivity contribution is 7.89. The number of methoxy groups -OCH3 is 1. The molecule has 0 fully saturated rings. The Morgan fingerprint density at radius 3 is 2.41 bits per heavy atom. The fourth-order valence-corrected chi connectivity index (χ4v) is 3.33. The van der Waals surface area contributed by atoms with Crippen molar-refractivity contribution in [1.82, 2.24) is 5.32 Å². The number of esters is 1. The van der Waals surface area contributed by atoms with Crippen LogP contribution in [0.4, 0.5) is 4.39 Å². The molecule has 1 amide bonds. The molecule has 1 unspecified atom stereocenters. The molecule has 144 valence electrons. The van der Waals surface area contributed by atoms with Crippen molar-refractivity contribution in [2.45, 2.75) is 18.2 Å². The van der Waals surface area contributed by atoms with Crippen LogP contribution in [-0.2, 0) is 25.1 Å². The summed E-state index contributed by atoms with van der Waals surface area (Å²) in [5, 5.41) is 2.71. The van der Waals surface area contributed by atoms with Crippen molar-refractivity contribution in [3.63, 3.8) is 0 Å². The van der Waals surface area contributed by atoms with Crippen LogP contribution in [0.3, 0.4) is 0 Å². The first kappa shape index (κ1) is 20.6. The van der Waals surface area contributed by atoms with Crippen molar-refractivity contribution in [1.29, 1.82) is 0 Å². The minimum absolute atomic E-state index is 0.128. The first-order valence-electron chi connectivity index (χ1n) is 8.08. The first-order chi connectivity index (χ1) is 12.7. The van der Waals surface area contributed by atoms with Gasteiger partial charge in [-0.1, -0.05) is 24.3 Å². The van der Waals surface area contributed by atoms with Gasteiger partial charge < -0.3 is 10.1 Å². The normalized spacial score (nSPS) is 12.3. The Morgan fingerprint density at radius 1 is 1.15 bits per heavy atom. The SMILES string of the molecule is COC(=O)CC(NC(=O)c1cccc(CS(C)(=O)=O)c1)c1ccc(F)cc1. The highest BCUT2D eigenvalue weighted by Crippen LogP contribution is 2.19. The molecular weight excluding hydrogens is 373 g/mol. The lowest BCUT2D eigenvalue weighted by molar-refractivity contribution is -0.141. The van der Waals surface area contributed by atoms with Crippen molar-refractivity contribution in [2.24, 2.45) is 0 Å². The molecule has 0 aromatic heterocycles. The van der Waals surface area contributed by atoms with E-state index < -0.39 is 33.6 Å². The Hall–Kier alpha value is -2.74. The number of nitrogens with one attached hydrogen (secondary N) is 1. The third kappa shape index (κ3) is 6.49. The van der Waals surface area contributed by atoms with Gasteiger partial charge in [-0.3, -0.25) is 9.59 Å². The Kier molecular flexibility index (Phi) is 6.68. The number of hydrogen-bond donors (Lipinski definition) is 1. The number of ether oxygens (including phenoxy) is 1. The van der Waals surface area contributed by atoms with Crippen LogP contribution in [0.15, 0.2) is 48.5 Å². The molecule has 0 aliphatic heterocycles. The second-order valence-corrected chi connectivity index (χ2v) is 8.27. The number of benzene rings is 2. The Balaban J connectivity index is 2.23. The van der Waals surface area contributed by atoms with Gasteiger partial charge in [0, 0.05) is 11.8 Å². The number of sulfone groups is 1. The second kappa shape index (κ2) is 8.77. The summed E-state index contributed by atoms with van der Waals surface area (Å²) in [7, 11) is -2.00. The molecule has 1 atom stereocenters. The number of carbonyl (C=O) groups excluding carboxylic acids is 2. The van der Waals surface area contributed by atoms with Gasteiger partial charge in [-0.25, -0.2) is 12.8 Å². The van der Waals surface area contributed by atoms with Crippen LogP contribution in [0, 0.1) is 5.82 Å². The molecule has 0 aliphatic carbocycles. The second-order valence-electron chi connectivity index (χ2n) is 6.13. The number of amides is 1. The maximum absolute atomic E-state index is 13.2. The topological polar surface area (TPSA) is 89.5 Å². The monoisotopic (exact) mass is 393 g/mol. The number of hydrogen-bond acceptors (Lipinski definition) is 5. The van der Waals surface area contributed by atoms with Crippen LogP contribution in [0.25, 0.3) is 0 Å². The molecule has 0 radical (unpaired) electrons. The Labute approximate surface area is 157 Å². The van der Waals surface area contributed by atoms with Gasteiger partial charge in [0.15, 0.2) is 9.84 Å². The standard InChI is InChI=1S/C19H20FNO5S/c1-26-18(22)11-17(14-6-8-16(20)9-7-14)21-19(23)15-5-3-4-13(10-15)12-27(2,24)25/h3-10,17H,11-12H2,1-2H3,(H,21,23). The van der Waals surface area contributed by atoms with Gasteiger partial charge in [0.25, 0.3) is 5.91 Å². The van der Waals surface area contributed by atoms with Gasteiger partial charge in [0.05, 0.1) is 25.3 Å².